The molecule has 0 spiro atoms. The van der Waals surface area contributed by atoms with Crippen molar-refractivity contribution in [2.75, 3.05) is 0 Å². The standard InChI is InChI=1S/C15H12N4O2S/c1-10-2-4-12(5-3-10)22(20,21)19-7-6-13-14-11(9-17-18-14)8-16-15(13)19/h2-9H,1H3,(H,17,18). The fourth-order valence-corrected chi connectivity index (χ4v) is 3.79. The molecule has 0 bridgehead atoms. The van der Waals surface area contributed by atoms with Gasteiger partial charge in [-0.15, -0.1) is 0 Å². The monoisotopic (exact) mass is 312 g/mol. The van der Waals surface area contributed by atoms with Crippen molar-refractivity contribution in [3.63, 3.8) is 0 Å². The zero-order valence-electron chi connectivity index (χ0n) is 11.7. The fraction of sp³-hybridized carbons (Fsp3) is 0.0667. The largest absolute Gasteiger partial charge is 0.277 e. The minimum Gasteiger partial charge on any atom is -0.277 e. The predicted molar refractivity (Wildman–Crippen MR) is 83.1 cm³/mol. The second kappa shape index (κ2) is 4.41. The predicted octanol–water partition coefficient (Wildman–Crippen LogP) is 2.46. The number of aromatic amines is 1. The van der Waals surface area contributed by atoms with Gasteiger partial charge in [0.25, 0.3) is 10.0 Å². The molecule has 6 nitrogen and oxygen atoms in total. The summed E-state index contributed by atoms with van der Waals surface area (Å²) in [7, 11) is -3.67. The van der Waals surface area contributed by atoms with E-state index in [9.17, 15) is 8.42 Å². The summed E-state index contributed by atoms with van der Waals surface area (Å²) in [5, 5.41) is 8.42. The SMILES string of the molecule is Cc1ccc(S(=O)(=O)n2ccc3c4[nH]ncc4cnc32)cc1. The highest BCUT2D eigenvalue weighted by atomic mass is 32.2. The van der Waals surface area contributed by atoms with Gasteiger partial charge >= 0.3 is 0 Å². The summed E-state index contributed by atoms with van der Waals surface area (Å²) in [5.41, 5.74) is 2.17. The lowest BCUT2D eigenvalue weighted by molar-refractivity contribution is 0.589. The number of fused-ring (bicyclic) bond motifs is 3. The molecule has 3 heterocycles. The number of rotatable bonds is 2. The second-order valence-corrected chi connectivity index (χ2v) is 6.94. The van der Waals surface area contributed by atoms with Crippen LogP contribution in [0.2, 0.25) is 0 Å². The molecule has 0 saturated heterocycles. The molecular formula is C15H12N4O2S. The summed E-state index contributed by atoms with van der Waals surface area (Å²) in [6, 6.07) is 8.49. The Labute approximate surface area is 126 Å². The normalized spacial score (nSPS) is 12.2. The van der Waals surface area contributed by atoms with Crippen LogP contribution in [0.1, 0.15) is 5.56 Å². The molecule has 3 aromatic heterocycles. The third kappa shape index (κ3) is 1.75. The van der Waals surface area contributed by atoms with Gasteiger partial charge in [0.1, 0.15) is 0 Å². The van der Waals surface area contributed by atoms with Gasteiger partial charge in [0, 0.05) is 23.2 Å². The summed E-state index contributed by atoms with van der Waals surface area (Å²) >= 11 is 0. The lowest BCUT2D eigenvalue weighted by atomic mass is 10.2. The van der Waals surface area contributed by atoms with Crippen LogP contribution in [-0.4, -0.2) is 27.6 Å². The molecule has 110 valence electrons. The van der Waals surface area contributed by atoms with E-state index in [2.05, 4.69) is 15.2 Å². The summed E-state index contributed by atoms with van der Waals surface area (Å²) in [4.78, 5) is 4.51. The van der Waals surface area contributed by atoms with E-state index in [0.29, 0.717) is 5.65 Å². The Balaban J connectivity index is 1.99. The molecule has 0 aliphatic carbocycles. The van der Waals surface area contributed by atoms with Crippen molar-refractivity contribution in [3.05, 3.63) is 54.5 Å². The molecule has 1 N–H and O–H groups in total. The average Bonchev–Trinajstić information content (AvgIpc) is 3.13. The highest BCUT2D eigenvalue weighted by molar-refractivity contribution is 7.90. The zero-order valence-corrected chi connectivity index (χ0v) is 12.5. The van der Waals surface area contributed by atoms with E-state index in [0.717, 1.165) is 21.9 Å². The van der Waals surface area contributed by atoms with Crippen molar-refractivity contribution >= 4 is 32.0 Å². The Bertz CT molecular complexity index is 1090. The molecule has 4 aromatic rings. The molecule has 22 heavy (non-hydrogen) atoms. The van der Waals surface area contributed by atoms with Gasteiger partial charge in [-0.3, -0.25) is 5.10 Å². The average molecular weight is 312 g/mol. The van der Waals surface area contributed by atoms with Gasteiger partial charge in [0.15, 0.2) is 5.65 Å². The first-order valence-corrected chi connectivity index (χ1v) is 8.13. The van der Waals surface area contributed by atoms with E-state index >= 15 is 0 Å². The number of pyridine rings is 1. The minimum absolute atomic E-state index is 0.238. The summed E-state index contributed by atoms with van der Waals surface area (Å²) in [5.74, 6) is 0. The Hall–Kier alpha value is -2.67. The Morgan fingerprint density at radius 2 is 1.86 bits per heavy atom. The van der Waals surface area contributed by atoms with Crippen LogP contribution in [0, 0.1) is 6.92 Å². The maximum atomic E-state index is 12.8. The van der Waals surface area contributed by atoms with E-state index in [4.69, 9.17) is 0 Å². The number of aromatic nitrogens is 4. The van der Waals surface area contributed by atoms with Crippen LogP contribution < -0.4 is 0 Å². The second-order valence-electron chi connectivity index (χ2n) is 5.13. The highest BCUT2D eigenvalue weighted by Gasteiger charge is 2.20. The van der Waals surface area contributed by atoms with Crippen molar-refractivity contribution < 1.29 is 8.42 Å². The molecule has 0 unspecified atom stereocenters. The van der Waals surface area contributed by atoms with Gasteiger partial charge in [-0.1, -0.05) is 17.7 Å². The fourth-order valence-electron chi connectivity index (χ4n) is 2.49. The van der Waals surface area contributed by atoms with E-state index < -0.39 is 10.0 Å². The molecule has 0 fully saturated rings. The van der Waals surface area contributed by atoms with Gasteiger partial charge in [-0.05, 0) is 25.1 Å². The third-order valence-electron chi connectivity index (χ3n) is 3.67. The van der Waals surface area contributed by atoms with Crippen molar-refractivity contribution in [2.24, 2.45) is 0 Å². The molecule has 0 atom stereocenters. The smallest absolute Gasteiger partial charge is 0.269 e. The first kappa shape index (κ1) is 13.0. The molecule has 1 aromatic carbocycles. The molecule has 0 aliphatic heterocycles. The van der Waals surface area contributed by atoms with Crippen LogP contribution in [0.4, 0.5) is 0 Å². The van der Waals surface area contributed by atoms with E-state index in [1.54, 1.807) is 42.7 Å². The summed E-state index contributed by atoms with van der Waals surface area (Å²) in [6.07, 6.45) is 4.79. The molecule has 0 amide bonds. The van der Waals surface area contributed by atoms with Crippen LogP contribution in [0.5, 0.6) is 0 Å². The van der Waals surface area contributed by atoms with Crippen molar-refractivity contribution in [2.45, 2.75) is 11.8 Å². The minimum atomic E-state index is -3.67. The molecule has 4 rings (SSSR count). The number of H-pyrrole nitrogens is 1. The van der Waals surface area contributed by atoms with Crippen LogP contribution in [0.15, 0.2) is 53.8 Å². The lowest BCUT2D eigenvalue weighted by Crippen LogP contribution is -2.12. The third-order valence-corrected chi connectivity index (χ3v) is 5.35. The molecule has 0 saturated carbocycles. The van der Waals surface area contributed by atoms with E-state index in [1.165, 1.54) is 10.2 Å². The first-order valence-electron chi connectivity index (χ1n) is 6.69. The van der Waals surface area contributed by atoms with Crippen LogP contribution >= 0.6 is 0 Å². The first-order chi connectivity index (χ1) is 10.6. The maximum Gasteiger partial charge on any atom is 0.269 e. The number of nitrogens with zero attached hydrogens (tertiary/aromatic N) is 3. The number of nitrogens with one attached hydrogen (secondary N) is 1. The van der Waals surface area contributed by atoms with Crippen LogP contribution in [0.25, 0.3) is 21.9 Å². The topological polar surface area (TPSA) is 80.6 Å². The van der Waals surface area contributed by atoms with Crippen molar-refractivity contribution in [1.82, 2.24) is 19.2 Å². The Morgan fingerprint density at radius 3 is 2.64 bits per heavy atom. The number of benzene rings is 1. The molecule has 0 radical (unpaired) electrons. The van der Waals surface area contributed by atoms with Gasteiger partial charge in [0.05, 0.1) is 16.6 Å². The van der Waals surface area contributed by atoms with Crippen molar-refractivity contribution in [1.29, 1.82) is 0 Å². The van der Waals surface area contributed by atoms with Gasteiger partial charge in [0.2, 0.25) is 0 Å². The summed E-state index contributed by atoms with van der Waals surface area (Å²) < 4.78 is 26.8. The highest BCUT2D eigenvalue weighted by Crippen LogP contribution is 2.25. The van der Waals surface area contributed by atoms with Gasteiger partial charge < -0.3 is 0 Å². The molecular weight excluding hydrogens is 300 g/mol. The molecule has 0 aliphatic rings. The van der Waals surface area contributed by atoms with Crippen LogP contribution in [-0.2, 0) is 10.0 Å². The van der Waals surface area contributed by atoms with Crippen LogP contribution in [0.3, 0.4) is 0 Å². The van der Waals surface area contributed by atoms with Gasteiger partial charge in [-0.25, -0.2) is 17.4 Å². The van der Waals surface area contributed by atoms with E-state index in [-0.39, 0.29) is 4.90 Å². The van der Waals surface area contributed by atoms with Crippen molar-refractivity contribution in [3.8, 4) is 0 Å². The number of hydrogen-bond acceptors (Lipinski definition) is 4. The number of hydrogen-bond donors (Lipinski definition) is 1. The van der Waals surface area contributed by atoms with E-state index in [1.807, 2.05) is 6.92 Å². The zero-order chi connectivity index (χ0) is 15.3. The maximum absolute atomic E-state index is 12.8. The van der Waals surface area contributed by atoms with Gasteiger partial charge in [-0.2, -0.15) is 5.10 Å². The summed E-state index contributed by atoms with van der Waals surface area (Å²) in [6.45, 7) is 1.91. The lowest BCUT2D eigenvalue weighted by Gasteiger charge is -2.07. The molecule has 7 heteroatoms. The Kier molecular flexibility index (Phi) is 2.61. The number of aryl methyl sites for hydroxylation is 1. The Morgan fingerprint density at radius 1 is 1.09 bits per heavy atom. The quantitative estimate of drug-likeness (QED) is 0.616.